The molecule has 1 unspecified atom stereocenters. The van der Waals surface area contributed by atoms with Crippen LogP contribution in [0.15, 0.2) is 12.3 Å². The first-order valence-electron chi connectivity index (χ1n) is 7.31. The second-order valence-corrected chi connectivity index (χ2v) is 5.70. The van der Waals surface area contributed by atoms with Crippen molar-refractivity contribution < 1.29 is 9.53 Å². The molecule has 2 aliphatic rings. The number of rotatable bonds is 4. The van der Waals surface area contributed by atoms with E-state index in [1.165, 1.54) is 0 Å². The molecule has 1 aromatic heterocycles. The molecule has 1 aliphatic carbocycles. The average Bonchev–Trinajstić information content (AvgIpc) is 3.31. The Morgan fingerprint density at radius 2 is 2.29 bits per heavy atom. The number of ether oxygens (including phenoxy) is 1. The van der Waals surface area contributed by atoms with Crippen molar-refractivity contribution in [3.8, 4) is 0 Å². The molecule has 1 aromatic rings. The molecule has 7 heteroatoms. The van der Waals surface area contributed by atoms with E-state index in [0.717, 1.165) is 18.7 Å². The summed E-state index contributed by atoms with van der Waals surface area (Å²) in [6.45, 7) is 1.71. The van der Waals surface area contributed by atoms with Crippen molar-refractivity contribution in [2.75, 3.05) is 43.6 Å². The van der Waals surface area contributed by atoms with E-state index in [9.17, 15) is 4.79 Å². The van der Waals surface area contributed by atoms with Gasteiger partial charge in [0.05, 0.1) is 13.2 Å². The van der Waals surface area contributed by atoms with E-state index in [1.54, 1.807) is 6.20 Å². The van der Waals surface area contributed by atoms with Gasteiger partial charge in [-0.05, 0) is 18.9 Å². The van der Waals surface area contributed by atoms with Crippen LogP contribution in [0.4, 0.5) is 11.8 Å². The van der Waals surface area contributed by atoms with Crippen molar-refractivity contribution in [3.05, 3.63) is 12.3 Å². The summed E-state index contributed by atoms with van der Waals surface area (Å²) in [6.07, 6.45) is 3.46. The SMILES string of the molecule is CN(C)c1ccnc(N2CCOC(C(=O)NC3CC3)C2)n1. The minimum atomic E-state index is -0.439. The number of nitrogens with one attached hydrogen (secondary N) is 1. The molecule has 0 spiro atoms. The highest BCUT2D eigenvalue weighted by molar-refractivity contribution is 5.82. The number of nitrogens with zero attached hydrogens (tertiary/aromatic N) is 4. The molecule has 2 heterocycles. The molecule has 1 N–H and O–H groups in total. The van der Waals surface area contributed by atoms with Gasteiger partial charge in [0.2, 0.25) is 5.95 Å². The highest BCUT2D eigenvalue weighted by Gasteiger charge is 2.32. The van der Waals surface area contributed by atoms with Gasteiger partial charge in [-0.2, -0.15) is 4.98 Å². The molecular weight excluding hydrogens is 270 g/mol. The lowest BCUT2D eigenvalue weighted by Crippen LogP contribution is -2.50. The van der Waals surface area contributed by atoms with Crippen molar-refractivity contribution in [1.29, 1.82) is 0 Å². The second-order valence-electron chi connectivity index (χ2n) is 5.70. The Balaban J connectivity index is 1.67. The van der Waals surface area contributed by atoms with Gasteiger partial charge in [-0.3, -0.25) is 4.79 Å². The fourth-order valence-electron chi connectivity index (χ4n) is 2.25. The molecule has 1 saturated heterocycles. The third-order valence-electron chi connectivity index (χ3n) is 3.65. The topological polar surface area (TPSA) is 70.6 Å². The van der Waals surface area contributed by atoms with Crippen LogP contribution in [-0.4, -0.2) is 61.8 Å². The van der Waals surface area contributed by atoms with Crippen LogP contribution >= 0.6 is 0 Å². The first kappa shape index (κ1) is 14.1. The van der Waals surface area contributed by atoms with Gasteiger partial charge in [-0.1, -0.05) is 0 Å². The van der Waals surface area contributed by atoms with E-state index < -0.39 is 6.10 Å². The summed E-state index contributed by atoms with van der Waals surface area (Å²) < 4.78 is 5.58. The molecule has 1 amide bonds. The van der Waals surface area contributed by atoms with Gasteiger partial charge >= 0.3 is 0 Å². The molecule has 114 valence electrons. The van der Waals surface area contributed by atoms with Gasteiger partial charge in [-0.15, -0.1) is 0 Å². The molecule has 1 aliphatic heterocycles. The molecule has 1 saturated carbocycles. The van der Waals surface area contributed by atoms with Crippen LogP contribution in [0.2, 0.25) is 0 Å². The summed E-state index contributed by atoms with van der Waals surface area (Å²) in [6, 6.07) is 2.21. The summed E-state index contributed by atoms with van der Waals surface area (Å²) in [7, 11) is 3.88. The van der Waals surface area contributed by atoms with Gasteiger partial charge in [0.25, 0.3) is 5.91 Å². The average molecular weight is 291 g/mol. The molecule has 3 rings (SSSR count). The number of anilines is 2. The minimum absolute atomic E-state index is 0.0223. The highest BCUT2D eigenvalue weighted by Crippen LogP contribution is 2.20. The third kappa shape index (κ3) is 3.41. The maximum atomic E-state index is 12.1. The van der Waals surface area contributed by atoms with E-state index >= 15 is 0 Å². The molecule has 0 bridgehead atoms. The summed E-state index contributed by atoms with van der Waals surface area (Å²) in [5.41, 5.74) is 0. The molecule has 0 aromatic carbocycles. The van der Waals surface area contributed by atoms with Crippen LogP contribution in [0.3, 0.4) is 0 Å². The van der Waals surface area contributed by atoms with Gasteiger partial charge in [-0.25, -0.2) is 4.98 Å². The first-order valence-corrected chi connectivity index (χ1v) is 7.31. The fourth-order valence-corrected chi connectivity index (χ4v) is 2.25. The second kappa shape index (κ2) is 5.85. The molecule has 1 atom stereocenters. The monoisotopic (exact) mass is 291 g/mol. The van der Waals surface area contributed by atoms with Gasteiger partial charge < -0.3 is 19.9 Å². The van der Waals surface area contributed by atoms with E-state index in [-0.39, 0.29) is 5.91 Å². The molecule has 7 nitrogen and oxygen atoms in total. The summed E-state index contributed by atoms with van der Waals surface area (Å²) in [4.78, 5) is 24.9. The van der Waals surface area contributed by atoms with Crippen LogP contribution in [0, 0.1) is 0 Å². The van der Waals surface area contributed by atoms with Crippen LogP contribution in [0.1, 0.15) is 12.8 Å². The van der Waals surface area contributed by atoms with Gasteiger partial charge in [0.15, 0.2) is 6.10 Å². The van der Waals surface area contributed by atoms with Crippen LogP contribution < -0.4 is 15.1 Å². The molecule has 21 heavy (non-hydrogen) atoms. The zero-order chi connectivity index (χ0) is 14.8. The van der Waals surface area contributed by atoms with Gasteiger partial charge in [0, 0.05) is 32.9 Å². The first-order chi connectivity index (χ1) is 10.1. The Bertz CT molecular complexity index is 518. The van der Waals surface area contributed by atoms with Crippen molar-refractivity contribution in [3.63, 3.8) is 0 Å². The number of morpholine rings is 1. The fraction of sp³-hybridized carbons (Fsp3) is 0.643. The van der Waals surface area contributed by atoms with Crippen LogP contribution in [0.25, 0.3) is 0 Å². The van der Waals surface area contributed by atoms with E-state index in [1.807, 2.05) is 30.0 Å². The lowest BCUT2D eigenvalue weighted by molar-refractivity contribution is -0.133. The number of carbonyl (C=O) groups excluding carboxylic acids is 1. The minimum Gasteiger partial charge on any atom is -0.365 e. The number of aromatic nitrogens is 2. The van der Waals surface area contributed by atoms with Crippen molar-refractivity contribution in [2.24, 2.45) is 0 Å². The Kier molecular flexibility index (Phi) is 3.92. The van der Waals surface area contributed by atoms with E-state index in [0.29, 0.717) is 31.7 Å². The van der Waals surface area contributed by atoms with Crippen molar-refractivity contribution in [1.82, 2.24) is 15.3 Å². The maximum Gasteiger partial charge on any atom is 0.251 e. The summed E-state index contributed by atoms with van der Waals surface area (Å²) >= 11 is 0. The molecule has 2 fully saturated rings. The Morgan fingerprint density at radius 3 is 3.00 bits per heavy atom. The summed E-state index contributed by atoms with van der Waals surface area (Å²) in [5, 5.41) is 2.99. The molecule has 0 radical (unpaired) electrons. The third-order valence-corrected chi connectivity index (χ3v) is 3.65. The summed E-state index contributed by atoms with van der Waals surface area (Å²) in [5.74, 6) is 1.48. The Morgan fingerprint density at radius 1 is 1.48 bits per heavy atom. The number of amides is 1. The zero-order valence-corrected chi connectivity index (χ0v) is 12.5. The predicted molar refractivity (Wildman–Crippen MR) is 79.5 cm³/mol. The highest BCUT2D eigenvalue weighted by atomic mass is 16.5. The maximum absolute atomic E-state index is 12.1. The zero-order valence-electron chi connectivity index (χ0n) is 12.5. The number of carbonyl (C=O) groups is 1. The van der Waals surface area contributed by atoms with E-state index in [2.05, 4.69) is 15.3 Å². The largest absolute Gasteiger partial charge is 0.365 e. The smallest absolute Gasteiger partial charge is 0.251 e. The lowest BCUT2D eigenvalue weighted by Gasteiger charge is -2.32. The van der Waals surface area contributed by atoms with Crippen LogP contribution in [0.5, 0.6) is 0 Å². The number of hydrogen-bond donors (Lipinski definition) is 1. The predicted octanol–water partition coefficient (Wildman–Crippen LogP) is 0.0264. The quantitative estimate of drug-likeness (QED) is 0.844. The Labute approximate surface area is 124 Å². The van der Waals surface area contributed by atoms with Gasteiger partial charge in [0.1, 0.15) is 5.82 Å². The normalized spacial score (nSPS) is 22.0. The number of hydrogen-bond acceptors (Lipinski definition) is 6. The standard InChI is InChI=1S/C14H21N5O2/c1-18(2)12-5-6-15-14(17-12)19-7-8-21-11(9-19)13(20)16-10-3-4-10/h5-6,10-11H,3-4,7-9H2,1-2H3,(H,16,20). The van der Waals surface area contributed by atoms with Crippen molar-refractivity contribution in [2.45, 2.75) is 25.0 Å². The Hall–Kier alpha value is -1.89. The lowest BCUT2D eigenvalue weighted by atomic mass is 10.2. The van der Waals surface area contributed by atoms with Crippen LogP contribution in [-0.2, 0) is 9.53 Å². The van der Waals surface area contributed by atoms with E-state index in [4.69, 9.17) is 4.74 Å². The van der Waals surface area contributed by atoms with Crippen molar-refractivity contribution >= 4 is 17.7 Å². The molecular formula is C14H21N5O2.